The van der Waals surface area contributed by atoms with Crippen LogP contribution in [-0.4, -0.2) is 15.4 Å². The topological polar surface area (TPSA) is 60.7 Å². The van der Waals surface area contributed by atoms with E-state index in [0.717, 1.165) is 11.3 Å². The lowest BCUT2D eigenvalue weighted by molar-refractivity contribution is -0.145. The molecule has 24 heavy (non-hydrogen) atoms. The van der Waals surface area contributed by atoms with Crippen molar-refractivity contribution in [2.45, 2.75) is 26.4 Å². The Morgan fingerprint density at radius 3 is 2.71 bits per heavy atom. The van der Waals surface area contributed by atoms with E-state index in [9.17, 15) is 9.59 Å². The van der Waals surface area contributed by atoms with Gasteiger partial charge in [0.1, 0.15) is 12.3 Å². The molecular weight excluding hydrogens is 304 g/mol. The van der Waals surface area contributed by atoms with Crippen molar-refractivity contribution in [1.82, 2.24) is 9.38 Å². The van der Waals surface area contributed by atoms with Gasteiger partial charge in [-0.1, -0.05) is 36.4 Å². The molecule has 1 aromatic carbocycles. The summed E-state index contributed by atoms with van der Waals surface area (Å²) in [6, 6.07) is 16.6. The normalized spacial score (nSPS) is 10.7. The van der Waals surface area contributed by atoms with Crippen LogP contribution in [0.1, 0.15) is 23.4 Å². The molecule has 3 rings (SSSR count). The summed E-state index contributed by atoms with van der Waals surface area (Å²) >= 11 is 0. The summed E-state index contributed by atoms with van der Waals surface area (Å²) in [6.45, 7) is 1.85. The van der Waals surface area contributed by atoms with Gasteiger partial charge >= 0.3 is 5.97 Å². The third-order valence-electron chi connectivity index (χ3n) is 3.77. The zero-order chi connectivity index (χ0) is 16.9. The van der Waals surface area contributed by atoms with Crippen LogP contribution < -0.4 is 5.56 Å². The quantitative estimate of drug-likeness (QED) is 0.678. The Balaban J connectivity index is 1.63. The maximum absolute atomic E-state index is 12.2. The molecule has 0 saturated carbocycles. The van der Waals surface area contributed by atoms with E-state index < -0.39 is 0 Å². The Bertz CT molecular complexity index is 917. The predicted octanol–water partition coefficient (Wildman–Crippen LogP) is 2.68. The van der Waals surface area contributed by atoms with Crippen molar-refractivity contribution in [3.05, 3.63) is 81.9 Å². The molecule has 3 aromatic rings. The van der Waals surface area contributed by atoms with E-state index in [4.69, 9.17) is 4.74 Å². The maximum atomic E-state index is 12.2. The lowest BCUT2D eigenvalue weighted by atomic mass is 10.1. The highest BCUT2D eigenvalue weighted by Crippen LogP contribution is 2.06. The lowest BCUT2D eigenvalue weighted by Crippen LogP contribution is -2.18. The number of rotatable bonds is 5. The van der Waals surface area contributed by atoms with E-state index in [2.05, 4.69) is 4.98 Å². The second kappa shape index (κ2) is 7.08. The molecule has 5 nitrogen and oxygen atoms in total. The number of benzene rings is 1. The SMILES string of the molecule is Cc1cccc2nc(COC(=O)CCc3ccccc3)cc(=O)n12. The van der Waals surface area contributed by atoms with Crippen LogP contribution in [0, 0.1) is 6.92 Å². The van der Waals surface area contributed by atoms with Crippen LogP contribution in [0.3, 0.4) is 0 Å². The van der Waals surface area contributed by atoms with Crippen molar-refractivity contribution in [3.8, 4) is 0 Å². The molecule has 0 aliphatic carbocycles. The molecule has 0 radical (unpaired) electrons. The molecule has 2 heterocycles. The first kappa shape index (κ1) is 15.9. The summed E-state index contributed by atoms with van der Waals surface area (Å²) in [5, 5.41) is 0. The Labute approximate surface area is 139 Å². The Kier molecular flexibility index (Phi) is 4.70. The second-order valence-corrected chi connectivity index (χ2v) is 5.59. The molecule has 0 aliphatic heterocycles. The van der Waals surface area contributed by atoms with E-state index in [1.54, 1.807) is 6.07 Å². The summed E-state index contributed by atoms with van der Waals surface area (Å²) in [5.41, 5.74) is 2.74. The molecule has 0 amide bonds. The van der Waals surface area contributed by atoms with Gasteiger partial charge in [-0.3, -0.25) is 14.0 Å². The van der Waals surface area contributed by atoms with Gasteiger partial charge in [-0.15, -0.1) is 0 Å². The molecule has 0 atom stereocenters. The number of carbonyl (C=O) groups excluding carboxylic acids is 1. The van der Waals surface area contributed by atoms with Gasteiger partial charge < -0.3 is 4.74 Å². The minimum atomic E-state index is -0.301. The number of esters is 1. The van der Waals surface area contributed by atoms with Gasteiger partial charge in [0.05, 0.1) is 5.69 Å². The van der Waals surface area contributed by atoms with Crippen LogP contribution in [0.15, 0.2) is 59.4 Å². The number of pyridine rings is 1. The standard InChI is InChI=1S/C19H18N2O3/c1-14-6-5-9-17-20-16(12-18(22)21(14)17)13-24-19(23)11-10-15-7-3-2-4-8-15/h2-9,12H,10-11,13H2,1H3. The Hall–Kier alpha value is -2.95. The van der Waals surface area contributed by atoms with E-state index in [1.165, 1.54) is 10.5 Å². The number of nitrogens with zero attached hydrogens (tertiary/aromatic N) is 2. The molecule has 2 aromatic heterocycles. The van der Waals surface area contributed by atoms with Gasteiger partial charge in [0.25, 0.3) is 5.56 Å². The predicted molar refractivity (Wildman–Crippen MR) is 90.8 cm³/mol. The van der Waals surface area contributed by atoms with Crippen molar-refractivity contribution in [2.24, 2.45) is 0 Å². The molecule has 0 bridgehead atoms. The van der Waals surface area contributed by atoms with E-state index in [0.29, 0.717) is 24.2 Å². The summed E-state index contributed by atoms with van der Waals surface area (Å²) < 4.78 is 6.76. The molecule has 0 unspecified atom stereocenters. The zero-order valence-corrected chi connectivity index (χ0v) is 13.4. The fraction of sp³-hybridized carbons (Fsp3) is 0.211. The molecule has 0 N–H and O–H groups in total. The highest BCUT2D eigenvalue weighted by atomic mass is 16.5. The first-order valence-electron chi connectivity index (χ1n) is 7.81. The first-order valence-corrected chi connectivity index (χ1v) is 7.81. The number of aromatic nitrogens is 2. The third kappa shape index (κ3) is 3.68. The van der Waals surface area contributed by atoms with Crippen LogP contribution >= 0.6 is 0 Å². The summed E-state index contributed by atoms with van der Waals surface area (Å²) in [5.74, 6) is -0.301. The van der Waals surface area contributed by atoms with Gasteiger partial charge in [-0.2, -0.15) is 0 Å². The number of fused-ring (bicyclic) bond motifs is 1. The first-order chi connectivity index (χ1) is 11.6. The van der Waals surface area contributed by atoms with Gasteiger partial charge in [-0.25, -0.2) is 4.98 Å². The number of aryl methyl sites for hydroxylation is 2. The van der Waals surface area contributed by atoms with Crippen molar-refractivity contribution < 1.29 is 9.53 Å². The molecule has 0 aliphatic rings. The number of carbonyl (C=O) groups is 1. The molecule has 0 fully saturated rings. The molecule has 0 spiro atoms. The minimum absolute atomic E-state index is 0.00725. The van der Waals surface area contributed by atoms with E-state index in [1.807, 2.05) is 49.4 Å². The monoisotopic (exact) mass is 322 g/mol. The van der Waals surface area contributed by atoms with Crippen LogP contribution in [-0.2, 0) is 22.6 Å². The van der Waals surface area contributed by atoms with Gasteiger partial charge in [0, 0.05) is 18.2 Å². The van der Waals surface area contributed by atoms with Gasteiger partial charge in [0.2, 0.25) is 0 Å². The molecule has 122 valence electrons. The summed E-state index contributed by atoms with van der Waals surface area (Å²) in [7, 11) is 0. The third-order valence-corrected chi connectivity index (χ3v) is 3.77. The van der Waals surface area contributed by atoms with E-state index >= 15 is 0 Å². The van der Waals surface area contributed by atoms with Crippen LogP contribution in [0.2, 0.25) is 0 Å². The van der Waals surface area contributed by atoms with Crippen molar-refractivity contribution in [3.63, 3.8) is 0 Å². The largest absolute Gasteiger partial charge is 0.459 e. The second-order valence-electron chi connectivity index (χ2n) is 5.59. The highest BCUT2D eigenvalue weighted by Gasteiger charge is 2.08. The smallest absolute Gasteiger partial charge is 0.306 e. The Morgan fingerprint density at radius 1 is 1.12 bits per heavy atom. The molecule has 5 heteroatoms. The van der Waals surface area contributed by atoms with Crippen molar-refractivity contribution >= 4 is 11.6 Å². The number of hydrogen-bond donors (Lipinski definition) is 0. The highest BCUT2D eigenvalue weighted by molar-refractivity contribution is 5.69. The molecular formula is C19H18N2O3. The average molecular weight is 322 g/mol. The summed E-state index contributed by atoms with van der Waals surface area (Å²) in [4.78, 5) is 28.4. The van der Waals surface area contributed by atoms with Gasteiger partial charge in [0.15, 0.2) is 0 Å². The Morgan fingerprint density at radius 2 is 1.92 bits per heavy atom. The zero-order valence-electron chi connectivity index (χ0n) is 13.4. The average Bonchev–Trinajstić information content (AvgIpc) is 2.59. The van der Waals surface area contributed by atoms with Crippen molar-refractivity contribution in [2.75, 3.05) is 0 Å². The van der Waals surface area contributed by atoms with Crippen LogP contribution in [0.25, 0.3) is 5.65 Å². The number of ether oxygens (including phenoxy) is 1. The van der Waals surface area contributed by atoms with Crippen molar-refractivity contribution in [1.29, 1.82) is 0 Å². The number of hydrogen-bond acceptors (Lipinski definition) is 4. The fourth-order valence-electron chi connectivity index (χ4n) is 2.56. The minimum Gasteiger partial charge on any atom is -0.459 e. The lowest BCUT2D eigenvalue weighted by Gasteiger charge is -2.07. The van der Waals surface area contributed by atoms with Crippen LogP contribution in [0.5, 0.6) is 0 Å². The summed E-state index contributed by atoms with van der Waals surface area (Å²) in [6.07, 6.45) is 0.933. The fourth-order valence-corrected chi connectivity index (χ4v) is 2.56. The maximum Gasteiger partial charge on any atom is 0.306 e. The van der Waals surface area contributed by atoms with E-state index in [-0.39, 0.29) is 18.1 Å². The molecule has 0 saturated heterocycles. The van der Waals surface area contributed by atoms with Gasteiger partial charge in [-0.05, 0) is 31.0 Å². The van der Waals surface area contributed by atoms with Crippen LogP contribution in [0.4, 0.5) is 0 Å².